The van der Waals surface area contributed by atoms with E-state index < -0.39 is 0 Å². The molecule has 0 aliphatic heterocycles. The Morgan fingerprint density at radius 1 is 0.265 bits per heavy atom. The molecular formula is C44H34Cl2P2Pd. The second-order valence-corrected chi connectivity index (χ2v) is 21.5. The molecule has 0 fully saturated rings. The third-order valence-electron chi connectivity index (χ3n) is 7.86. The fraction of sp³-hybridized carbons (Fsp3) is 0. The van der Waals surface area contributed by atoms with Gasteiger partial charge in [0.2, 0.25) is 0 Å². The normalized spacial score (nSPS) is 10.7. The van der Waals surface area contributed by atoms with E-state index in [0.29, 0.717) is 17.0 Å². The van der Waals surface area contributed by atoms with Gasteiger partial charge < -0.3 is 24.8 Å². The van der Waals surface area contributed by atoms with Crippen molar-refractivity contribution >= 4 is 55.0 Å². The van der Waals surface area contributed by atoms with Crippen LogP contribution < -0.4 is 46.0 Å². The molecule has 0 saturated heterocycles. The van der Waals surface area contributed by atoms with Crippen molar-refractivity contribution in [3.8, 4) is 11.1 Å². The summed E-state index contributed by atoms with van der Waals surface area (Å²) in [4.78, 5) is 0. The minimum absolute atomic E-state index is 0. The van der Waals surface area contributed by atoms with Crippen molar-refractivity contribution in [1.82, 2.24) is 0 Å². The van der Waals surface area contributed by atoms with E-state index >= 15 is 0 Å². The number of hydrogen-bond acceptors (Lipinski definition) is 0. The van der Waals surface area contributed by atoms with Crippen molar-refractivity contribution in [3.63, 3.8) is 0 Å². The van der Waals surface area contributed by atoms with Crippen LogP contribution >= 0.6 is 12.2 Å². The van der Waals surface area contributed by atoms with Crippen LogP contribution in [0, 0.1) is 0 Å². The largest absolute Gasteiger partial charge is 0.0616 e. The molecule has 0 N–H and O–H groups in total. The number of rotatable bonds is 7. The monoisotopic (exact) mass is 800 g/mol. The van der Waals surface area contributed by atoms with E-state index in [4.69, 9.17) is 0 Å². The van der Waals surface area contributed by atoms with E-state index in [1.165, 1.54) is 53.9 Å². The zero-order valence-electron chi connectivity index (χ0n) is 26.6. The summed E-state index contributed by atoms with van der Waals surface area (Å²) in [6, 6.07) is 74.5. The van der Waals surface area contributed by atoms with Gasteiger partial charge in [0.05, 0.1) is 0 Å². The molecule has 0 radical (unpaired) electrons. The maximum Gasteiger partial charge on any atom is -0.00992 e. The standard InChI is InChI=1S/C20H14.2C12H10P.2ClH.Pd/c1-3-11-17-15(7-1)9-5-13-19(17)20-14-6-10-16-8-2-4-12-18(16)20;2*1-3-7-11(8-4-1)13-12-9-5-2-6-10-12;;;/h1-14H;2*1-10H;2*1H;/q;2*-1;;;+4/p-2. The van der Waals surface area contributed by atoms with Gasteiger partial charge in [-0.15, -0.1) is 0 Å². The van der Waals surface area contributed by atoms with E-state index in [0.717, 1.165) is 0 Å². The molecule has 244 valence electrons. The van der Waals surface area contributed by atoms with Gasteiger partial charge in [0.15, 0.2) is 0 Å². The second kappa shape index (κ2) is 18.4. The zero-order chi connectivity index (χ0) is 31.7. The number of benzene rings is 8. The first-order valence-corrected chi connectivity index (χ1v) is 22.2. The van der Waals surface area contributed by atoms with Gasteiger partial charge in [-0.2, -0.15) is 0 Å². The molecule has 8 rings (SSSR count). The van der Waals surface area contributed by atoms with Crippen LogP contribution in [0.25, 0.3) is 32.7 Å². The summed E-state index contributed by atoms with van der Waals surface area (Å²) in [5.74, 6) is 0. The van der Waals surface area contributed by atoms with Gasteiger partial charge in [0, 0.05) is 0 Å². The summed E-state index contributed by atoms with van der Waals surface area (Å²) in [5.41, 5.74) is 2.61. The van der Waals surface area contributed by atoms with Crippen LogP contribution in [-0.2, 0) is 17.0 Å². The molecule has 0 saturated carbocycles. The average molecular weight is 802 g/mol. The molecule has 0 spiro atoms. The number of fused-ring (bicyclic) bond motifs is 2. The Kier molecular flexibility index (Phi) is 13.8. The van der Waals surface area contributed by atoms with Crippen LogP contribution in [0.4, 0.5) is 0 Å². The van der Waals surface area contributed by atoms with Gasteiger partial charge in [-0.1, -0.05) is 84.9 Å². The quantitative estimate of drug-likeness (QED) is 0.160. The fourth-order valence-electron chi connectivity index (χ4n) is 5.63. The molecule has 0 aliphatic rings. The number of halogens is 2. The fourth-order valence-corrected chi connectivity index (χ4v) is 21.6. The SMILES string of the molecule is [Cl-].[Cl-].c1ccc([P]([Pd+2][P](c2ccccc2)c2ccccc2)c2ccccc2)cc1.c1ccc2c(-c3cccc4ccccc34)cccc2c1. The molecule has 0 aromatic heterocycles. The average Bonchev–Trinajstić information content (AvgIpc) is 3.16. The van der Waals surface area contributed by atoms with Crippen molar-refractivity contribution in [2.24, 2.45) is 0 Å². The van der Waals surface area contributed by atoms with E-state index in [-0.39, 0.29) is 37.0 Å². The van der Waals surface area contributed by atoms with Crippen LogP contribution in [0.2, 0.25) is 0 Å². The molecule has 5 heteroatoms. The minimum atomic E-state index is -0.359. The van der Waals surface area contributed by atoms with Gasteiger partial charge in [-0.3, -0.25) is 0 Å². The maximum atomic E-state index is 2.31. The molecule has 0 unspecified atom stereocenters. The summed E-state index contributed by atoms with van der Waals surface area (Å²) in [5, 5.41) is 11.1. The Bertz CT molecular complexity index is 1930. The zero-order valence-corrected chi connectivity index (χ0v) is 31.5. The molecule has 8 aromatic rings. The van der Waals surface area contributed by atoms with E-state index in [9.17, 15) is 0 Å². The first kappa shape index (κ1) is 36.7. The van der Waals surface area contributed by atoms with Gasteiger partial charge in [0.1, 0.15) is 0 Å². The Morgan fingerprint density at radius 2 is 0.531 bits per heavy atom. The molecule has 0 aliphatic carbocycles. The van der Waals surface area contributed by atoms with Crippen molar-refractivity contribution in [3.05, 3.63) is 206 Å². The van der Waals surface area contributed by atoms with Crippen LogP contribution in [-0.4, -0.2) is 0 Å². The molecule has 49 heavy (non-hydrogen) atoms. The topological polar surface area (TPSA) is 0 Å². The van der Waals surface area contributed by atoms with Crippen LogP contribution in [0.3, 0.4) is 0 Å². The van der Waals surface area contributed by atoms with Crippen molar-refractivity contribution < 1.29 is 41.8 Å². The van der Waals surface area contributed by atoms with E-state index in [1.54, 1.807) is 0 Å². The van der Waals surface area contributed by atoms with Crippen LogP contribution in [0.15, 0.2) is 206 Å². The molecule has 0 heterocycles. The summed E-state index contributed by atoms with van der Waals surface area (Å²) in [7, 11) is 0. The van der Waals surface area contributed by atoms with Crippen molar-refractivity contribution in [2.45, 2.75) is 0 Å². The Balaban J connectivity index is 0.000000191. The third kappa shape index (κ3) is 8.95. The first-order chi connectivity index (χ1) is 23.3. The molecule has 0 nitrogen and oxygen atoms in total. The molecular weight excluding hydrogens is 768 g/mol. The van der Waals surface area contributed by atoms with Crippen molar-refractivity contribution in [1.29, 1.82) is 0 Å². The molecule has 0 amide bonds. The van der Waals surface area contributed by atoms with E-state index in [2.05, 4.69) is 206 Å². The molecule has 0 bridgehead atoms. The van der Waals surface area contributed by atoms with Crippen molar-refractivity contribution in [2.75, 3.05) is 0 Å². The summed E-state index contributed by atoms with van der Waals surface area (Å²) >= 11 is 0.598. The Hall–Kier alpha value is -3.62. The minimum Gasteiger partial charge on any atom is -0.0616 e. The van der Waals surface area contributed by atoms with E-state index in [1.807, 2.05) is 0 Å². The second-order valence-electron chi connectivity index (χ2n) is 11.0. The predicted molar refractivity (Wildman–Crippen MR) is 205 cm³/mol. The molecule has 8 aromatic carbocycles. The van der Waals surface area contributed by atoms with Crippen LogP contribution in [0.5, 0.6) is 0 Å². The van der Waals surface area contributed by atoms with Gasteiger partial charge in [-0.25, -0.2) is 0 Å². The maximum absolute atomic E-state index is 2.31. The van der Waals surface area contributed by atoms with Crippen LogP contribution in [0.1, 0.15) is 0 Å². The Morgan fingerprint density at radius 3 is 0.857 bits per heavy atom. The van der Waals surface area contributed by atoms with Gasteiger partial charge >= 0.3 is 172 Å². The Labute approximate surface area is 312 Å². The molecule has 0 atom stereocenters. The van der Waals surface area contributed by atoms with Gasteiger partial charge in [-0.05, 0) is 32.7 Å². The number of hydrogen-bond donors (Lipinski definition) is 0. The summed E-state index contributed by atoms with van der Waals surface area (Å²) in [6.45, 7) is 0. The smallest absolute Gasteiger partial charge is 0.00992 e. The van der Waals surface area contributed by atoms with Gasteiger partial charge in [0.25, 0.3) is 0 Å². The summed E-state index contributed by atoms with van der Waals surface area (Å²) in [6.07, 6.45) is -0.717. The summed E-state index contributed by atoms with van der Waals surface area (Å²) < 4.78 is 0. The first-order valence-electron chi connectivity index (χ1n) is 15.7. The predicted octanol–water partition coefficient (Wildman–Crippen LogP) is 4.83. The third-order valence-corrected chi connectivity index (χ3v) is 22.2.